The van der Waals surface area contributed by atoms with Crippen LogP contribution in [-0.2, 0) is 13.2 Å². The number of nitrogens with one attached hydrogen (secondary N) is 1. The summed E-state index contributed by atoms with van der Waals surface area (Å²) >= 11 is 6.08. The van der Waals surface area contributed by atoms with Crippen molar-refractivity contribution in [3.8, 4) is 11.5 Å². The second-order valence-corrected chi connectivity index (χ2v) is 5.75. The molecule has 0 radical (unpaired) electrons. The molecule has 0 amide bonds. The Bertz CT molecular complexity index is 626. The maximum Gasteiger partial charge on any atom is 0.133 e. The first-order valence-electron chi connectivity index (χ1n) is 7.14. The van der Waals surface area contributed by atoms with Gasteiger partial charge >= 0.3 is 0 Å². The van der Waals surface area contributed by atoms with Gasteiger partial charge in [0.15, 0.2) is 0 Å². The summed E-state index contributed by atoms with van der Waals surface area (Å²) in [6, 6.07) is 13.8. The molecule has 0 aromatic heterocycles. The smallest absolute Gasteiger partial charge is 0.133 e. The second-order valence-electron chi connectivity index (χ2n) is 5.31. The van der Waals surface area contributed by atoms with Gasteiger partial charge in [-0.05, 0) is 42.7 Å². The van der Waals surface area contributed by atoms with Crippen LogP contribution in [0.2, 0.25) is 5.02 Å². The minimum absolute atomic E-state index is 0.00282. The molecule has 1 aliphatic carbocycles. The summed E-state index contributed by atoms with van der Waals surface area (Å²) in [5.74, 6) is 1.46. The number of aliphatic hydroxyl groups is 1. The zero-order valence-corrected chi connectivity index (χ0v) is 12.4. The standard InChI is InChI=1S/C17H18ClNO2/c18-14-5-4-13(10-19-15-6-7-15)17(9-14)21-16-3-1-2-12(8-16)11-20/h1-5,8-9,15,19-20H,6-7,10-11H2. The molecule has 1 aliphatic rings. The van der Waals surface area contributed by atoms with Crippen molar-refractivity contribution >= 4 is 11.6 Å². The molecule has 0 aliphatic heterocycles. The molecule has 3 nitrogen and oxygen atoms in total. The molecular weight excluding hydrogens is 286 g/mol. The quantitative estimate of drug-likeness (QED) is 0.851. The van der Waals surface area contributed by atoms with Crippen LogP contribution in [0.4, 0.5) is 0 Å². The lowest BCUT2D eigenvalue weighted by Gasteiger charge is -2.13. The lowest BCUT2D eigenvalue weighted by Crippen LogP contribution is -2.15. The largest absolute Gasteiger partial charge is 0.457 e. The monoisotopic (exact) mass is 303 g/mol. The van der Waals surface area contributed by atoms with Gasteiger partial charge in [-0.15, -0.1) is 0 Å². The second kappa shape index (κ2) is 6.48. The van der Waals surface area contributed by atoms with Gasteiger partial charge in [0, 0.05) is 23.2 Å². The highest BCUT2D eigenvalue weighted by Gasteiger charge is 2.20. The lowest BCUT2D eigenvalue weighted by molar-refractivity contribution is 0.281. The lowest BCUT2D eigenvalue weighted by atomic mass is 10.2. The van der Waals surface area contributed by atoms with Crippen LogP contribution < -0.4 is 10.1 Å². The molecule has 4 heteroatoms. The van der Waals surface area contributed by atoms with Crippen molar-refractivity contribution in [3.05, 3.63) is 58.6 Å². The third kappa shape index (κ3) is 3.97. The Morgan fingerprint density at radius 2 is 2.05 bits per heavy atom. The third-order valence-corrected chi connectivity index (χ3v) is 3.73. The zero-order valence-electron chi connectivity index (χ0n) is 11.7. The van der Waals surface area contributed by atoms with Gasteiger partial charge in [0.2, 0.25) is 0 Å². The first-order chi connectivity index (χ1) is 10.2. The highest BCUT2D eigenvalue weighted by atomic mass is 35.5. The van der Waals surface area contributed by atoms with Gasteiger partial charge in [-0.1, -0.05) is 29.8 Å². The van der Waals surface area contributed by atoms with Crippen molar-refractivity contribution in [3.63, 3.8) is 0 Å². The molecule has 0 bridgehead atoms. The van der Waals surface area contributed by atoms with Gasteiger partial charge in [-0.2, -0.15) is 0 Å². The molecule has 2 N–H and O–H groups in total. The fourth-order valence-corrected chi connectivity index (χ4v) is 2.31. The van der Waals surface area contributed by atoms with E-state index in [4.69, 9.17) is 16.3 Å². The first kappa shape index (κ1) is 14.4. The molecular formula is C17H18ClNO2. The van der Waals surface area contributed by atoms with E-state index in [-0.39, 0.29) is 6.61 Å². The van der Waals surface area contributed by atoms with E-state index in [1.807, 2.05) is 42.5 Å². The molecule has 21 heavy (non-hydrogen) atoms. The van der Waals surface area contributed by atoms with Crippen molar-refractivity contribution in [1.82, 2.24) is 5.32 Å². The Kier molecular flexibility index (Phi) is 4.44. The molecule has 2 aromatic rings. The predicted octanol–water partition coefficient (Wildman–Crippen LogP) is 3.88. The molecule has 0 saturated heterocycles. The number of ether oxygens (including phenoxy) is 1. The molecule has 1 saturated carbocycles. The molecule has 2 aromatic carbocycles. The van der Waals surface area contributed by atoms with E-state index in [1.165, 1.54) is 12.8 Å². The molecule has 3 rings (SSSR count). The summed E-state index contributed by atoms with van der Waals surface area (Å²) < 4.78 is 5.95. The predicted molar refractivity (Wildman–Crippen MR) is 83.8 cm³/mol. The molecule has 0 spiro atoms. The average molecular weight is 304 g/mol. The number of halogens is 1. The van der Waals surface area contributed by atoms with E-state index in [9.17, 15) is 5.11 Å². The topological polar surface area (TPSA) is 41.5 Å². The first-order valence-corrected chi connectivity index (χ1v) is 7.52. The summed E-state index contributed by atoms with van der Waals surface area (Å²) in [5, 5.41) is 13.3. The van der Waals surface area contributed by atoms with Gasteiger partial charge in [-0.3, -0.25) is 0 Å². The maximum atomic E-state index is 9.19. The Balaban J connectivity index is 1.79. The number of aliphatic hydroxyl groups excluding tert-OH is 1. The van der Waals surface area contributed by atoms with Crippen LogP contribution in [-0.4, -0.2) is 11.1 Å². The fraction of sp³-hybridized carbons (Fsp3) is 0.294. The molecule has 0 atom stereocenters. The average Bonchev–Trinajstić information content (AvgIpc) is 3.31. The van der Waals surface area contributed by atoms with Crippen LogP contribution in [0.1, 0.15) is 24.0 Å². The highest BCUT2D eigenvalue weighted by molar-refractivity contribution is 6.30. The number of benzene rings is 2. The maximum absolute atomic E-state index is 9.19. The molecule has 110 valence electrons. The van der Waals surface area contributed by atoms with Crippen LogP contribution in [0, 0.1) is 0 Å². The van der Waals surface area contributed by atoms with Crippen LogP contribution >= 0.6 is 11.6 Å². The normalized spacial score (nSPS) is 14.2. The minimum Gasteiger partial charge on any atom is -0.457 e. The van der Waals surface area contributed by atoms with E-state index in [1.54, 1.807) is 0 Å². The van der Waals surface area contributed by atoms with E-state index in [0.717, 1.165) is 23.4 Å². The summed E-state index contributed by atoms with van der Waals surface area (Å²) in [5.41, 5.74) is 1.91. The molecule has 1 fully saturated rings. The van der Waals surface area contributed by atoms with Crippen LogP contribution in [0.15, 0.2) is 42.5 Å². The number of hydrogen-bond acceptors (Lipinski definition) is 3. The minimum atomic E-state index is 0.00282. The summed E-state index contributed by atoms with van der Waals surface area (Å²) in [4.78, 5) is 0. The van der Waals surface area contributed by atoms with Crippen LogP contribution in [0.5, 0.6) is 11.5 Å². The molecule has 0 heterocycles. The van der Waals surface area contributed by atoms with E-state index >= 15 is 0 Å². The zero-order chi connectivity index (χ0) is 14.7. The van der Waals surface area contributed by atoms with Gasteiger partial charge in [0.1, 0.15) is 11.5 Å². The van der Waals surface area contributed by atoms with Gasteiger partial charge in [0.25, 0.3) is 0 Å². The van der Waals surface area contributed by atoms with Crippen molar-refractivity contribution in [2.24, 2.45) is 0 Å². The van der Waals surface area contributed by atoms with Crippen LogP contribution in [0.25, 0.3) is 0 Å². The number of hydrogen-bond donors (Lipinski definition) is 2. The van der Waals surface area contributed by atoms with Crippen molar-refractivity contribution in [2.45, 2.75) is 32.0 Å². The summed E-state index contributed by atoms with van der Waals surface area (Å²) in [6.45, 7) is 0.777. The summed E-state index contributed by atoms with van der Waals surface area (Å²) in [7, 11) is 0. The Labute approximate surface area is 129 Å². The van der Waals surface area contributed by atoms with E-state index in [2.05, 4.69) is 5.32 Å². The Morgan fingerprint density at radius 3 is 2.81 bits per heavy atom. The van der Waals surface area contributed by atoms with Gasteiger partial charge in [-0.25, -0.2) is 0 Å². The van der Waals surface area contributed by atoms with Crippen molar-refractivity contribution in [2.75, 3.05) is 0 Å². The van der Waals surface area contributed by atoms with Crippen molar-refractivity contribution in [1.29, 1.82) is 0 Å². The Morgan fingerprint density at radius 1 is 1.19 bits per heavy atom. The van der Waals surface area contributed by atoms with E-state index < -0.39 is 0 Å². The van der Waals surface area contributed by atoms with Gasteiger partial charge < -0.3 is 15.2 Å². The Hall–Kier alpha value is -1.55. The third-order valence-electron chi connectivity index (χ3n) is 3.50. The van der Waals surface area contributed by atoms with Crippen LogP contribution in [0.3, 0.4) is 0 Å². The van der Waals surface area contributed by atoms with Gasteiger partial charge in [0.05, 0.1) is 6.61 Å². The van der Waals surface area contributed by atoms with E-state index in [0.29, 0.717) is 16.8 Å². The van der Waals surface area contributed by atoms with Crippen molar-refractivity contribution < 1.29 is 9.84 Å². The highest BCUT2D eigenvalue weighted by Crippen LogP contribution is 2.30. The summed E-state index contributed by atoms with van der Waals surface area (Å²) in [6.07, 6.45) is 2.50. The SMILES string of the molecule is OCc1cccc(Oc2cc(Cl)ccc2CNC2CC2)c1. The number of rotatable bonds is 6. The fourth-order valence-electron chi connectivity index (χ4n) is 2.15. The molecule has 0 unspecified atom stereocenters.